The van der Waals surface area contributed by atoms with Crippen LogP contribution in [0, 0.1) is 12.8 Å². The van der Waals surface area contributed by atoms with E-state index in [4.69, 9.17) is 5.11 Å². The molecule has 2 heterocycles. The molecule has 1 aromatic heterocycles. The van der Waals surface area contributed by atoms with Gasteiger partial charge in [-0.15, -0.1) is 0 Å². The van der Waals surface area contributed by atoms with Gasteiger partial charge in [-0.2, -0.15) is 0 Å². The number of likely N-dealkylation sites (tertiary alicyclic amines) is 1. The Balaban J connectivity index is 1.87. The maximum Gasteiger partial charge on any atom is 0.321 e. The Labute approximate surface area is 119 Å². The molecule has 1 aliphatic heterocycles. The summed E-state index contributed by atoms with van der Waals surface area (Å²) in [6, 6.07) is -0.0953. The van der Waals surface area contributed by atoms with Gasteiger partial charge < -0.3 is 15.3 Å². The summed E-state index contributed by atoms with van der Waals surface area (Å²) in [5.74, 6) is 1.21. The lowest BCUT2D eigenvalue weighted by molar-refractivity contribution is 0.211. The molecule has 6 nitrogen and oxygen atoms in total. The zero-order valence-electron chi connectivity index (χ0n) is 11.9. The largest absolute Gasteiger partial charge is 0.396 e. The lowest BCUT2D eigenvalue weighted by Gasteiger charge is -2.21. The normalized spacial score (nSPS) is 19.5. The molecular weight excluding hydrogens is 256 g/mol. The molecule has 6 heteroatoms. The van der Waals surface area contributed by atoms with Crippen LogP contribution < -0.4 is 5.32 Å². The van der Waals surface area contributed by atoms with Gasteiger partial charge in [0.2, 0.25) is 0 Å². The Morgan fingerprint density at radius 1 is 1.40 bits per heavy atom. The monoisotopic (exact) mass is 278 g/mol. The van der Waals surface area contributed by atoms with E-state index in [9.17, 15) is 4.79 Å². The second-order valence-electron chi connectivity index (χ2n) is 5.25. The quantitative estimate of drug-likeness (QED) is 0.883. The average molecular weight is 278 g/mol. The number of aliphatic hydroxyl groups excluding tert-OH is 1. The predicted octanol–water partition coefficient (Wildman–Crippen LogP) is 1.80. The first kappa shape index (κ1) is 14.7. The molecule has 1 aromatic rings. The van der Waals surface area contributed by atoms with Gasteiger partial charge in [0, 0.05) is 19.7 Å². The van der Waals surface area contributed by atoms with Crippen molar-refractivity contribution in [2.75, 3.05) is 25.0 Å². The smallest absolute Gasteiger partial charge is 0.321 e. The van der Waals surface area contributed by atoms with Crippen LogP contribution in [0.4, 0.5) is 10.5 Å². The number of amides is 2. The van der Waals surface area contributed by atoms with Crippen molar-refractivity contribution in [2.45, 2.75) is 32.6 Å². The second kappa shape index (κ2) is 7.19. The summed E-state index contributed by atoms with van der Waals surface area (Å²) < 4.78 is 0. The van der Waals surface area contributed by atoms with Crippen LogP contribution in [0.2, 0.25) is 0 Å². The maximum atomic E-state index is 12.2. The summed E-state index contributed by atoms with van der Waals surface area (Å²) in [6.45, 7) is 3.54. The minimum absolute atomic E-state index is 0.0953. The highest BCUT2D eigenvalue weighted by atomic mass is 16.3. The summed E-state index contributed by atoms with van der Waals surface area (Å²) in [6.07, 6.45) is 7.10. The molecule has 0 saturated carbocycles. The van der Waals surface area contributed by atoms with Crippen LogP contribution in [-0.4, -0.2) is 45.7 Å². The third-order valence-electron chi connectivity index (χ3n) is 3.70. The highest BCUT2D eigenvalue weighted by molar-refractivity contribution is 5.88. The highest BCUT2D eigenvalue weighted by Gasteiger charge is 2.20. The van der Waals surface area contributed by atoms with Gasteiger partial charge in [-0.25, -0.2) is 14.8 Å². The lowest BCUT2D eigenvalue weighted by Crippen LogP contribution is -2.35. The fourth-order valence-electron chi connectivity index (χ4n) is 2.50. The molecule has 0 aromatic carbocycles. The van der Waals surface area contributed by atoms with E-state index in [1.807, 2.05) is 11.8 Å². The Morgan fingerprint density at radius 3 is 2.85 bits per heavy atom. The number of urea groups is 1. The van der Waals surface area contributed by atoms with E-state index in [0.717, 1.165) is 38.8 Å². The van der Waals surface area contributed by atoms with Gasteiger partial charge in [0.15, 0.2) is 0 Å². The van der Waals surface area contributed by atoms with Crippen LogP contribution in [0.15, 0.2) is 12.4 Å². The number of carbonyl (C=O) groups excluding carboxylic acids is 1. The van der Waals surface area contributed by atoms with Gasteiger partial charge in [-0.1, -0.05) is 0 Å². The van der Waals surface area contributed by atoms with Crippen LogP contribution in [-0.2, 0) is 0 Å². The molecule has 0 bridgehead atoms. The van der Waals surface area contributed by atoms with Crippen molar-refractivity contribution in [2.24, 2.45) is 5.92 Å². The van der Waals surface area contributed by atoms with Gasteiger partial charge in [0.25, 0.3) is 0 Å². The molecule has 1 unspecified atom stereocenters. The molecule has 110 valence electrons. The van der Waals surface area contributed by atoms with Gasteiger partial charge in [-0.05, 0) is 38.5 Å². The Morgan fingerprint density at radius 2 is 2.15 bits per heavy atom. The van der Waals surface area contributed by atoms with E-state index >= 15 is 0 Å². The van der Waals surface area contributed by atoms with Gasteiger partial charge in [0.1, 0.15) is 5.82 Å². The van der Waals surface area contributed by atoms with E-state index < -0.39 is 0 Å². The number of anilines is 1. The topological polar surface area (TPSA) is 78.4 Å². The van der Waals surface area contributed by atoms with E-state index in [-0.39, 0.29) is 12.6 Å². The Kier molecular flexibility index (Phi) is 5.29. The molecule has 0 spiro atoms. The molecule has 1 atom stereocenters. The van der Waals surface area contributed by atoms with Gasteiger partial charge >= 0.3 is 6.03 Å². The molecule has 20 heavy (non-hydrogen) atoms. The summed E-state index contributed by atoms with van der Waals surface area (Å²) in [5, 5.41) is 11.8. The summed E-state index contributed by atoms with van der Waals surface area (Å²) in [5.41, 5.74) is 0.622. The van der Waals surface area contributed by atoms with Gasteiger partial charge in [-0.3, -0.25) is 0 Å². The molecule has 1 saturated heterocycles. The summed E-state index contributed by atoms with van der Waals surface area (Å²) in [7, 11) is 0. The molecule has 2 N–H and O–H groups in total. The second-order valence-corrected chi connectivity index (χ2v) is 5.25. The molecule has 2 rings (SSSR count). The first-order chi connectivity index (χ1) is 9.69. The number of aryl methyl sites for hydroxylation is 1. The van der Waals surface area contributed by atoms with E-state index in [1.165, 1.54) is 0 Å². The molecule has 0 aliphatic carbocycles. The van der Waals surface area contributed by atoms with Crippen LogP contribution in [0.25, 0.3) is 0 Å². The minimum atomic E-state index is -0.0953. The Bertz CT molecular complexity index is 435. The van der Waals surface area contributed by atoms with Crippen molar-refractivity contribution < 1.29 is 9.90 Å². The average Bonchev–Trinajstić information content (AvgIpc) is 2.67. The highest BCUT2D eigenvalue weighted by Crippen LogP contribution is 2.20. The number of carbonyl (C=O) groups is 1. The fraction of sp³-hybridized carbons (Fsp3) is 0.643. The Hall–Kier alpha value is -1.69. The van der Waals surface area contributed by atoms with Crippen molar-refractivity contribution in [1.29, 1.82) is 0 Å². The molecule has 0 radical (unpaired) electrons. The first-order valence-corrected chi connectivity index (χ1v) is 7.14. The van der Waals surface area contributed by atoms with Crippen LogP contribution in [0.1, 0.15) is 31.5 Å². The molecule has 1 fully saturated rings. The molecule has 2 amide bonds. The van der Waals surface area contributed by atoms with Crippen LogP contribution >= 0.6 is 0 Å². The predicted molar refractivity (Wildman–Crippen MR) is 76.4 cm³/mol. The fourth-order valence-corrected chi connectivity index (χ4v) is 2.50. The van der Waals surface area contributed by atoms with Crippen molar-refractivity contribution in [3.05, 3.63) is 18.2 Å². The number of hydrogen-bond donors (Lipinski definition) is 2. The number of aliphatic hydroxyl groups is 1. The number of rotatable bonds is 3. The first-order valence-electron chi connectivity index (χ1n) is 7.14. The lowest BCUT2D eigenvalue weighted by atomic mass is 9.98. The molecular formula is C14H22N4O2. The standard InChI is InChI=1S/C14H22N4O2/c1-11-15-9-13(10-16-11)17-14(20)18-6-2-3-12(4-7-18)5-8-19/h9-10,12,19H,2-8H2,1H3,(H,17,20). The maximum absolute atomic E-state index is 12.2. The number of hydrogen-bond acceptors (Lipinski definition) is 4. The zero-order chi connectivity index (χ0) is 14.4. The van der Waals surface area contributed by atoms with Crippen LogP contribution in [0.5, 0.6) is 0 Å². The van der Waals surface area contributed by atoms with Crippen molar-refractivity contribution >= 4 is 11.7 Å². The van der Waals surface area contributed by atoms with E-state index in [0.29, 0.717) is 17.4 Å². The van der Waals surface area contributed by atoms with Crippen molar-refractivity contribution in [3.63, 3.8) is 0 Å². The number of aromatic nitrogens is 2. The summed E-state index contributed by atoms with van der Waals surface area (Å²) in [4.78, 5) is 22.1. The van der Waals surface area contributed by atoms with Gasteiger partial charge in [0.05, 0.1) is 18.1 Å². The number of nitrogens with zero attached hydrogens (tertiary/aromatic N) is 3. The van der Waals surface area contributed by atoms with E-state index in [2.05, 4.69) is 15.3 Å². The third-order valence-corrected chi connectivity index (χ3v) is 3.70. The van der Waals surface area contributed by atoms with E-state index in [1.54, 1.807) is 12.4 Å². The minimum Gasteiger partial charge on any atom is -0.396 e. The van der Waals surface area contributed by atoms with Crippen molar-refractivity contribution in [1.82, 2.24) is 14.9 Å². The zero-order valence-corrected chi connectivity index (χ0v) is 11.9. The summed E-state index contributed by atoms with van der Waals surface area (Å²) >= 11 is 0. The molecule has 1 aliphatic rings. The number of nitrogens with one attached hydrogen (secondary N) is 1. The van der Waals surface area contributed by atoms with Crippen LogP contribution in [0.3, 0.4) is 0 Å². The third kappa shape index (κ3) is 4.16. The van der Waals surface area contributed by atoms with Crippen molar-refractivity contribution in [3.8, 4) is 0 Å². The SMILES string of the molecule is Cc1ncc(NC(=O)N2CCCC(CCO)CC2)cn1.